The second-order valence-corrected chi connectivity index (χ2v) is 6.91. The Morgan fingerprint density at radius 1 is 0.931 bits per heavy atom. The Bertz CT molecular complexity index is 904. The molecule has 3 rings (SSSR count). The first-order chi connectivity index (χ1) is 14.2. The highest BCUT2D eigenvalue weighted by Crippen LogP contribution is 2.28. The van der Waals surface area contributed by atoms with Gasteiger partial charge in [-0.15, -0.1) is 0 Å². The molecular weight excluding hydrogens is 364 g/mol. The van der Waals surface area contributed by atoms with Crippen molar-refractivity contribution in [3.63, 3.8) is 0 Å². The third kappa shape index (κ3) is 5.85. The zero-order valence-electron chi connectivity index (χ0n) is 16.6. The van der Waals surface area contributed by atoms with E-state index in [0.717, 1.165) is 29.7 Å². The van der Waals surface area contributed by atoms with Gasteiger partial charge in [0.15, 0.2) is 0 Å². The molecular formula is C25H26O4. The Morgan fingerprint density at radius 3 is 2.31 bits per heavy atom. The van der Waals surface area contributed by atoms with Gasteiger partial charge in [-0.1, -0.05) is 60.7 Å². The van der Waals surface area contributed by atoms with Gasteiger partial charge in [0.1, 0.15) is 11.5 Å². The largest absolute Gasteiger partial charge is 0.497 e. The Balaban J connectivity index is 1.65. The van der Waals surface area contributed by atoms with Gasteiger partial charge >= 0.3 is 5.97 Å². The zero-order chi connectivity index (χ0) is 20.5. The van der Waals surface area contributed by atoms with Crippen LogP contribution in [-0.4, -0.2) is 24.8 Å². The van der Waals surface area contributed by atoms with Crippen LogP contribution in [0.3, 0.4) is 0 Å². The van der Waals surface area contributed by atoms with Crippen molar-refractivity contribution in [3.8, 4) is 11.5 Å². The first-order valence-electron chi connectivity index (χ1n) is 9.79. The molecule has 0 amide bonds. The zero-order valence-corrected chi connectivity index (χ0v) is 16.6. The third-order valence-corrected chi connectivity index (χ3v) is 4.92. The van der Waals surface area contributed by atoms with Crippen molar-refractivity contribution in [2.75, 3.05) is 13.7 Å². The van der Waals surface area contributed by atoms with Gasteiger partial charge in [0.2, 0.25) is 0 Å². The highest BCUT2D eigenvalue weighted by molar-refractivity contribution is 5.76. The fourth-order valence-electron chi connectivity index (χ4n) is 3.32. The molecule has 4 nitrogen and oxygen atoms in total. The average molecular weight is 390 g/mol. The van der Waals surface area contributed by atoms with Crippen LogP contribution in [0.15, 0.2) is 78.9 Å². The first-order valence-corrected chi connectivity index (χ1v) is 9.79. The molecule has 29 heavy (non-hydrogen) atoms. The summed E-state index contributed by atoms with van der Waals surface area (Å²) < 4.78 is 11.2. The van der Waals surface area contributed by atoms with E-state index in [9.17, 15) is 9.90 Å². The number of hydrogen-bond acceptors (Lipinski definition) is 3. The van der Waals surface area contributed by atoms with E-state index in [1.165, 1.54) is 5.56 Å². The van der Waals surface area contributed by atoms with E-state index in [1.807, 2.05) is 42.5 Å². The van der Waals surface area contributed by atoms with Gasteiger partial charge in [-0.2, -0.15) is 0 Å². The predicted octanol–water partition coefficient (Wildman–Crippen LogP) is 5.12. The molecule has 0 bridgehead atoms. The molecule has 1 atom stereocenters. The molecule has 0 heterocycles. The summed E-state index contributed by atoms with van der Waals surface area (Å²) in [6, 6.07) is 25.2. The van der Waals surface area contributed by atoms with E-state index in [4.69, 9.17) is 9.47 Å². The summed E-state index contributed by atoms with van der Waals surface area (Å²) in [6.07, 6.45) is 2.22. The molecule has 3 aromatic carbocycles. The summed E-state index contributed by atoms with van der Waals surface area (Å²) in [5.74, 6) is -0.0376. The Labute approximate surface area is 171 Å². The number of carboxylic acid groups (broad SMARTS) is 1. The lowest BCUT2D eigenvalue weighted by Gasteiger charge is -2.16. The smallest absolute Gasteiger partial charge is 0.311 e. The van der Waals surface area contributed by atoms with Gasteiger partial charge in [0.25, 0.3) is 0 Å². The van der Waals surface area contributed by atoms with Gasteiger partial charge in [0, 0.05) is 0 Å². The summed E-state index contributed by atoms with van der Waals surface area (Å²) in [6.45, 7) is 0.589. The van der Waals surface area contributed by atoms with Crippen molar-refractivity contribution in [2.24, 2.45) is 0 Å². The van der Waals surface area contributed by atoms with Crippen molar-refractivity contribution in [3.05, 3.63) is 95.6 Å². The molecule has 0 aromatic heterocycles. The monoisotopic (exact) mass is 390 g/mol. The van der Waals surface area contributed by atoms with Crippen molar-refractivity contribution in [1.29, 1.82) is 0 Å². The van der Waals surface area contributed by atoms with Crippen molar-refractivity contribution >= 4 is 5.97 Å². The lowest BCUT2D eigenvalue weighted by molar-refractivity contribution is -0.138. The summed E-state index contributed by atoms with van der Waals surface area (Å²) in [5, 5.41) is 9.77. The third-order valence-electron chi connectivity index (χ3n) is 4.92. The van der Waals surface area contributed by atoms with E-state index < -0.39 is 11.9 Å². The highest BCUT2D eigenvalue weighted by atomic mass is 16.5. The molecule has 0 saturated carbocycles. The number of para-hydroxylation sites is 1. The number of aryl methyl sites for hydroxylation is 1. The number of ether oxygens (including phenoxy) is 2. The van der Waals surface area contributed by atoms with Gasteiger partial charge in [0.05, 0.1) is 19.6 Å². The van der Waals surface area contributed by atoms with E-state index in [0.29, 0.717) is 18.8 Å². The molecule has 150 valence electrons. The second-order valence-electron chi connectivity index (χ2n) is 6.91. The van der Waals surface area contributed by atoms with Gasteiger partial charge in [-0.25, -0.2) is 0 Å². The molecule has 0 fully saturated rings. The maximum atomic E-state index is 11.9. The number of aliphatic carboxylic acids is 1. The minimum atomic E-state index is -0.853. The van der Waals surface area contributed by atoms with Crippen LogP contribution in [-0.2, 0) is 17.6 Å². The molecule has 0 radical (unpaired) electrons. The molecule has 0 spiro atoms. The minimum Gasteiger partial charge on any atom is -0.497 e. The Kier molecular flexibility index (Phi) is 7.28. The number of carbonyl (C=O) groups is 1. The molecule has 0 aliphatic heterocycles. The topological polar surface area (TPSA) is 55.8 Å². The standard InChI is InChI=1S/C25H26O4/c1-28-22-15-13-20(14-16-22)23(25(26)27)18-21-11-5-6-12-24(21)29-17-7-10-19-8-3-2-4-9-19/h2-6,8-9,11-16,23H,7,10,17-18H2,1H3,(H,26,27). The van der Waals surface area contributed by atoms with Crippen LogP contribution in [0.5, 0.6) is 11.5 Å². The summed E-state index contributed by atoms with van der Waals surface area (Å²) >= 11 is 0. The molecule has 0 saturated heterocycles. The summed E-state index contributed by atoms with van der Waals surface area (Å²) in [5.41, 5.74) is 2.93. The van der Waals surface area contributed by atoms with E-state index in [-0.39, 0.29) is 0 Å². The Morgan fingerprint density at radius 2 is 1.62 bits per heavy atom. The van der Waals surface area contributed by atoms with Crippen molar-refractivity contribution < 1.29 is 19.4 Å². The number of benzene rings is 3. The van der Waals surface area contributed by atoms with E-state index in [2.05, 4.69) is 12.1 Å². The van der Waals surface area contributed by atoms with E-state index >= 15 is 0 Å². The Hall–Kier alpha value is -3.27. The predicted molar refractivity (Wildman–Crippen MR) is 114 cm³/mol. The molecule has 0 aliphatic rings. The summed E-state index contributed by atoms with van der Waals surface area (Å²) in [4.78, 5) is 11.9. The number of methoxy groups -OCH3 is 1. The lowest BCUT2D eigenvalue weighted by atomic mass is 9.91. The van der Waals surface area contributed by atoms with Crippen molar-refractivity contribution in [2.45, 2.75) is 25.2 Å². The molecule has 1 N–H and O–H groups in total. The first kappa shape index (κ1) is 20.5. The summed E-state index contributed by atoms with van der Waals surface area (Å²) in [7, 11) is 1.59. The molecule has 1 unspecified atom stereocenters. The highest BCUT2D eigenvalue weighted by Gasteiger charge is 2.22. The van der Waals surface area contributed by atoms with Crippen LogP contribution in [0.25, 0.3) is 0 Å². The van der Waals surface area contributed by atoms with Crippen LogP contribution < -0.4 is 9.47 Å². The van der Waals surface area contributed by atoms with Crippen LogP contribution in [0.2, 0.25) is 0 Å². The SMILES string of the molecule is COc1ccc(C(Cc2ccccc2OCCCc2ccccc2)C(=O)O)cc1. The minimum absolute atomic E-state index is 0.372. The fourth-order valence-corrected chi connectivity index (χ4v) is 3.32. The second kappa shape index (κ2) is 10.3. The van der Waals surface area contributed by atoms with Crippen LogP contribution in [0.1, 0.15) is 29.0 Å². The van der Waals surface area contributed by atoms with Crippen molar-refractivity contribution in [1.82, 2.24) is 0 Å². The fraction of sp³-hybridized carbons (Fsp3) is 0.240. The van der Waals surface area contributed by atoms with Crippen LogP contribution in [0.4, 0.5) is 0 Å². The maximum absolute atomic E-state index is 11.9. The maximum Gasteiger partial charge on any atom is 0.311 e. The number of rotatable bonds is 10. The lowest BCUT2D eigenvalue weighted by Crippen LogP contribution is -2.15. The van der Waals surface area contributed by atoms with Gasteiger partial charge in [-0.05, 0) is 54.2 Å². The molecule has 0 aliphatic carbocycles. The van der Waals surface area contributed by atoms with Crippen LogP contribution in [0, 0.1) is 0 Å². The van der Waals surface area contributed by atoms with Crippen LogP contribution >= 0.6 is 0 Å². The normalized spacial score (nSPS) is 11.6. The quantitative estimate of drug-likeness (QED) is 0.488. The van der Waals surface area contributed by atoms with Gasteiger partial charge in [-0.3, -0.25) is 4.79 Å². The number of hydrogen-bond donors (Lipinski definition) is 1. The van der Waals surface area contributed by atoms with Gasteiger partial charge < -0.3 is 14.6 Å². The molecule has 4 heteroatoms. The average Bonchev–Trinajstić information content (AvgIpc) is 2.76. The van der Waals surface area contributed by atoms with E-state index in [1.54, 1.807) is 31.4 Å². The number of carboxylic acids is 1. The molecule has 3 aromatic rings.